The maximum Gasteiger partial charge on any atom is 0.458 e. The van der Waals surface area contributed by atoms with Crippen molar-refractivity contribution in [2.75, 3.05) is 42.7 Å². The second kappa shape index (κ2) is 15.4. The summed E-state index contributed by atoms with van der Waals surface area (Å²) in [6.45, 7) is 0. The van der Waals surface area contributed by atoms with Crippen molar-refractivity contribution < 1.29 is 31.0 Å². The average Bonchev–Trinajstić information content (AvgIpc) is 3.07. The normalized spacial score (nSPS) is 11.9. The fourth-order valence-electron chi connectivity index (χ4n) is 4.21. The second-order valence-corrected chi connectivity index (χ2v) is 17.8. The Kier molecular flexibility index (Phi) is 12.3. The maximum absolute atomic E-state index is 6.15. The van der Waals surface area contributed by atoms with Crippen molar-refractivity contribution in [1.29, 1.82) is 0 Å². The van der Waals surface area contributed by atoms with Crippen molar-refractivity contribution in [3.63, 3.8) is 0 Å². The Morgan fingerprint density at radius 2 is 0.690 bits per heavy atom. The standard InChI is InChI=1S/C31H36O7Si4/c1-32-40(33-2,28-16-10-7-11-17-28)25-22-31(38-39,23-26-41(34-3,35-4)29-18-12-8-13-19-29)24-27-42(36-5,37-6)30-20-14-9-15-21-30/h7-21H,1-6,39H3. The molecular weight excluding hydrogens is 597 g/mol. The third-order valence-corrected chi connectivity index (χ3v) is 15.4. The van der Waals surface area contributed by atoms with Gasteiger partial charge in [-0.15, -0.1) is 0 Å². The predicted molar refractivity (Wildman–Crippen MR) is 175 cm³/mol. The average molecular weight is 633 g/mol. The molecule has 11 heteroatoms. The van der Waals surface area contributed by atoms with E-state index in [2.05, 4.69) is 34.4 Å². The van der Waals surface area contributed by atoms with Crippen molar-refractivity contribution in [3.8, 4) is 34.4 Å². The molecule has 0 aliphatic heterocycles. The van der Waals surface area contributed by atoms with Crippen molar-refractivity contribution >= 4 is 51.7 Å². The zero-order valence-electron chi connectivity index (χ0n) is 25.0. The van der Waals surface area contributed by atoms with Crippen LogP contribution >= 0.6 is 0 Å². The molecule has 0 amide bonds. The van der Waals surface area contributed by atoms with Crippen LogP contribution in [0.15, 0.2) is 91.0 Å². The Hall–Kier alpha value is -3.07. The van der Waals surface area contributed by atoms with E-state index in [1.807, 2.05) is 91.0 Å². The Bertz CT molecular complexity index is 1280. The van der Waals surface area contributed by atoms with Crippen LogP contribution < -0.4 is 15.6 Å². The van der Waals surface area contributed by atoms with Crippen LogP contribution in [0.2, 0.25) is 0 Å². The first-order valence-corrected chi connectivity index (χ1v) is 19.3. The van der Waals surface area contributed by atoms with Gasteiger partial charge in [0, 0.05) is 58.2 Å². The van der Waals surface area contributed by atoms with Gasteiger partial charge in [-0.05, 0) is 17.8 Å². The van der Waals surface area contributed by atoms with Crippen LogP contribution in [0.4, 0.5) is 0 Å². The lowest BCUT2D eigenvalue weighted by Crippen LogP contribution is -2.53. The van der Waals surface area contributed by atoms with E-state index in [-0.39, 0.29) is 10.5 Å². The van der Waals surface area contributed by atoms with Gasteiger partial charge >= 0.3 is 25.7 Å². The molecule has 0 heterocycles. The lowest BCUT2D eigenvalue weighted by molar-refractivity contribution is 0.265. The number of benzene rings is 3. The van der Waals surface area contributed by atoms with Crippen LogP contribution in [0, 0.1) is 34.4 Å². The largest absolute Gasteiger partial charge is 0.458 e. The molecule has 3 aromatic carbocycles. The molecule has 0 unspecified atom stereocenters. The SMILES string of the molecule is CO[Si](C#CC(C#C[Si](OC)(OC)c1ccccc1)(C#C[Si](OC)(OC)c1ccccc1)O[SiH3])(OC)c1ccccc1. The maximum atomic E-state index is 6.15. The molecule has 0 aromatic heterocycles. The van der Waals surface area contributed by atoms with Gasteiger partial charge in [-0.3, -0.25) is 0 Å². The van der Waals surface area contributed by atoms with Gasteiger partial charge in [-0.25, -0.2) is 0 Å². The van der Waals surface area contributed by atoms with Crippen LogP contribution in [0.1, 0.15) is 0 Å². The van der Waals surface area contributed by atoms with Crippen molar-refractivity contribution in [2.24, 2.45) is 0 Å². The van der Waals surface area contributed by atoms with Gasteiger partial charge in [0.1, 0.15) is 0 Å². The summed E-state index contributed by atoms with van der Waals surface area (Å²) in [6.07, 6.45) is 0. The molecule has 0 aliphatic carbocycles. The Labute approximate surface area is 255 Å². The Morgan fingerprint density at radius 3 is 0.881 bits per heavy atom. The zero-order chi connectivity index (χ0) is 30.5. The van der Waals surface area contributed by atoms with Crippen molar-refractivity contribution in [2.45, 2.75) is 5.60 Å². The Balaban J connectivity index is 2.32. The second-order valence-electron chi connectivity index (χ2n) is 8.81. The highest BCUT2D eigenvalue weighted by molar-refractivity contribution is 6.89. The minimum atomic E-state index is -3.22. The molecule has 42 heavy (non-hydrogen) atoms. The van der Waals surface area contributed by atoms with E-state index in [0.29, 0.717) is 0 Å². The molecule has 0 spiro atoms. The Morgan fingerprint density at radius 1 is 0.452 bits per heavy atom. The number of hydrogen-bond acceptors (Lipinski definition) is 7. The van der Waals surface area contributed by atoms with Crippen molar-refractivity contribution in [3.05, 3.63) is 91.0 Å². The topological polar surface area (TPSA) is 64.6 Å². The highest BCUT2D eigenvalue weighted by atomic mass is 28.4. The molecule has 0 atom stereocenters. The molecule has 0 saturated carbocycles. The van der Waals surface area contributed by atoms with Crippen LogP contribution in [-0.2, 0) is 31.0 Å². The molecular formula is C31H36O7Si4. The van der Waals surface area contributed by atoms with E-state index < -0.39 is 31.3 Å². The minimum absolute atomic E-state index is 0.263. The van der Waals surface area contributed by atoms with Crippen LogP contribution in [0.5, 0.6) is 0 Å². The molecule has 7 nitrogen and oxygen atoms in total. The molecule has 0 aliphatic rings. The summed E-state index contributed by atoms with van der Waals surface area (Å²) in [5.74, 6) is 9.65. The predicted octanol–water partition coefficient (Wildman–Crippen LogP) is 0.577. The van der Waals surface area contributed by atoms with E-state index in [4.69, 9.17) is 31.0 Å². The molecule has 0 fully saturated rings. The third kappa shape index (κ3) is 7.28. The number of rotatable bonds is 10. The molecule has 0 N–H and O–H groups in total. The van der Waals surface area contributed by atoms with Crippen LogP contribution in [0.3, 0.4) is 0 Å². The van der Waals surface area contributed by atoms with Gasteiger partial charge in [0.2, 0.25) is 5.60 Å². The van der Waals surface area contributed by atoms with E-state index in [1.54, 1.807) is 42.7 Å². The fraction of sp³-hybridized carbons (Fsp3) is 0.226. The van der Waals surface area contributed by atoms with Crippen LogP contribution in [0.25, 0.3) is 0 Å². The third-order valence-electron chi connectivity index (χ3n) is 6.70. The van der Waals surface area contributed by atoms with E-state index >= 15 is 0 Å². The summed E-state index contributed by atoms with van der Waals surface area (Å²) in [6, 6.07) is 28.9. The fourth-order valence-corrected chi connectivity index (χ4v) is 10.4. The molecule has 0 bridgehead atoms. The summed E-state index contributed by atoms with van der Waals surface area (Å²) in [5.41, 5.74) is 8.26. The smallest absolute Gasteiger partial charge is 0.394 e. The first-order chi connectivity index (χ1) is 20.4. The summed E-state index contributed by atoms with van der Waals surface area (Å²) in [7, 11) is 0.129. The summed E-state index contributed by atoms with van der Waals surface area (Å²) in [5, 5.41) is 2.53. The van der Waals surface area contributed by atoms with Gasteiger partial charge in [0.05, 0.1) is 0 Å². The van der Waals surface area contributed by atoms with Gasteiger partial charge in [0.15, 0.2) is 10.5 Å². The summed E-state index contributed by atoms with van der Waals surface area (Å²) in [4.78, 5) is 0. The van der Waals surface area contributed by atoms with E-state index in [0.717, 1.165) is 15.6 Å². The number of hydrogen-bond donors (Lipinski definition) is 0. The first-order valence-electron chi connectivity index (χ1n) is 13.0. The van der Waals surface area contributed by atoms with E-state index in [1.165, 1.54) is 0 Å². The summed E-state index contributed by atoms with van der Waals surface area (Å²) >= 11 is 0. The lowest BCUT2D eigenvalue weighted by atomic mass is 10.1. The highest BCUT2D eigenvalue weighted by Gasteiger charge is 2.41. The monoisotopic (exact) mass is 632 g/mol. The molecule has 218 valence electrons. The molecule has 0 saturated heterocycles. The van der Waals surface area contributed by atoms with Crippen molar-refractivity contribution in [1.82, 2.24) is 0 Å². The minimum Gasteiger partial charge on any atom is -0.394 e. The zero-order valence-corrected chi connectivity index (χ0v) is 30.0. The molecule has 3 rings (SSSR count). The van der Waals surface area contributed by atoms with Gasteiger partial charge < -0.3 is 31.0 Å². The van der Waals surface area contributed by atoms with E-state index in [9.17, 15) is 0 Å². The first kappa shape index (κ1) is 33.4. The van der Waals surface area contributed by atoms with Gasteiger partial charge in [-0.2, -0.15) is 0 Å². The van der Waals surface area contributed by atoms with Gasteiger partial charge in [-0.1, -0.05) is 108 Å². The molecule has 3 aromatic rings. The lowest BCUT2D eigenvalue weighted by Gasteiger charge is -2.25. The molecule has 0 radical (unpaired) electrons. The highest BCUT2D eigenvalue weighted by Crippen LogP contribution is 2.14. The quantitative estimate of drug-likeness (QED) is 0.240. The summed E-state index contributed by atoms with van der Waals surface area (Å²) < 4.78 is 41.8. The van der Waals surface area contributed by atoms with Crippen LogP contribution in [-0.4, -0.2) is 84.4 Å². The van der Waals surface area contributed by atoms with Gasteiger partial charge in [0.25, 0.3) is 0 Å².